The zero-order chi connectivity index (χ0) is 27.0. The van der Waals surface area contributed by atoms with Crippen LogP contribution in [-0.2, 0) is 16.0 Å². The van der Waals surface area contributed by atoms with Crippen LogP contribution in [0.2, 0.25) is 0 Å². The molecule has 0 aliphatic carbocycles. The highest BCUT2D eigenvalue weighted by Crippen LogP contribution is 2.38. The predicted octanol–water partition coefficient (Wildman–Crippen LogP) is 5.56. The molecule has 7 nitrogen and oxygen atoms in total. The Morgan fingerprint density at radius 2 is 1.92 bits per heavy atom. The fraction of sp³-hybridized carbons (Fsp3) is 0.290. The molecule has 38 heavy (non-hydrogen) atoms. The van der Waals surface area contributed by atoms with Crippen LogP contribution in [0.5, 0.6) is 5.75 Å². The molecule has 1 unspecified atom stereocenters. The molecular weight excluding hydrogens is 476 g/mol. The van der Waals surface area contributed by atoms with Crippen molar-refractivity contribution in [3.05, 3.63) is 82.1 Å². The summed E-state index contributed by atoms with van der Waals surface area (Å²) < 4.78 is 7.80. The van der Waals surface area contributed by atoms with Gasteiger partial charge in [-0.1, -0.05) is 31.5 Å². The first-order valence-electron chi connectivity index (χ1n) is 13.0. The maximum Gasteiger partial charge on any atom is 0.271 e. The number of hydrogen-bond acceptors (Lipinski definition) is 5. The van der Waals surface area contributed by atoms with Crippen LogP contribution >= 0.6 is 0 Å². The molecule has 0 spiro atoms. The van der Waals surface area contributed by atoms with E-state index in [0.29, 0.717) is 23.3 Å². The molecule has 0 bridgehead atoms. The van der Waals surface area contributed by atoms with Crippen molar-refractivity contribution in [2.45, 2.75) is 53.1 Å². The number of ether oxygens (including phenoxy) is 1. The van der Waals surface area contributed by atoms with Crippen molar-refractivity contribution in [3.63, 3.8) is 0 Å². The summed E-state index contributed by atoms with van der Waals surface area (Å²) in [6.07, 6.45) is 6.10. The van der Waals surface area contributed by atoms with E-state index in [1.54, 1.807) is 17.7 Å². The summed E-state index contributed by atoms with van der Waals surface area (Å²) in [7, 11) is 0. The van der Waals surface area contributed by atoms with Crippen LogP contribution in [0.1, 0.15) is 50.3 Å². The van der Waals surface area contributed by atoms with Crippen molar-refractivity contribution in [2.24, 2.45) is 0 Å². The zero-order valence-corrected chi connectivity index (χ0v) is 22.1. The summed E-state index contributed by atoms with van der Waals surface area (Å²) in [6.45, 7) is 8.03. The molecule has 1 atom stereocenters. The van der Waals surface area contributed by atoms with Crippen molar-refractivity contribution < 1.29 is 14.3 Å². The minimum atomic E-state index is -0.524. The maximum atomic E-state index is 13.5. The minimum Gasteiger partial charge on any atom is -0.490 e. The van der Waals surface area contributed by atoms with Gasteiger partial charge in [0.15, 0.2) is 0 Å². The molecule has 7 heteroatoms. The van der Waals surface area contributed by atoms with E-state index in [1.807, 2.05) is 56.4 Å². The third-order valence-electron chi connectivity index (χ3n) is 7.08. The fourth-order valence-corrected chi connectivity index (χ4v) is 5.09. The second-order valence-electron chi connectivity index (χ2n) is 9.91. The smallest absolute Gasteiger partial charge is 0.271 e. The lowest BCUT2D eigenvalue weighted by Crippen LogP contribution is -2.43. The van der Waals surface area contributed by atoms with E-state index in [-0.39, 0.29) is 24.1 Å². The summed E-state index contributed by atoms with van der Waals surface area (Å²) in [5.74, 6) is 0.0171. The number of imide groups is 1. The van der Waals surface area contributed by atoms with Gasteiger partial charge in [-0.2, -0.15) is 10.4 Å². The first kappa shape index (κ1) is 25.2. The molecule has 0 radical (unpaired) electrons. The molecule has 5 rings (SSSR count). The van der Waals surface area contributed by atoms with E-state index in [0.717, 1.165) is 46.5 Å². The molecule has 192 valence electrons. The average Bonchev–Trinajstić information content (AvgIpc) is 3.50. The van der Waals surface area contributed by atoms with Gasteiger partial charge in [0.1, 0.15) is 23.5 Å². The molecule has 0 N–H and O–H groups in total. The highest BCUT2D eigenvalue weighted by molar-refractivity contribution is 6.19. The number of carbonyl (C=O) groups excluding carboxylic acids is 2. The lowest BCUT2D eigenvalue weighted by Gasteiger charge is -2.27. The van der Waals surface area contributed by atoms with E-state index in [2.05, 4.69) is 19.1 Å². The summed E-state index contributed by atoms with van der Waals surface area (Å²) in [6, 6.07) is 16.0. The number of fused-ring (bicyclic) bond motifs is 1. The van der Waals surface area contributed by atoms with Crippen molar-refractivity contribution >= 4 is 17.9 Å². The Morgan fingerprint density at radius 3 is 2.63 bits per heavy atom. The van der Waals surface area contributed by atoms with E-state index in [4.69, 9.17) is 9.84 Å². The van der Waals surface area contributed by atoms with Crippen molar-refractivity contribution in [3.8, 4) is 28.8 Å². The van der Waals surface area contributed by atoms with Gasteiger partial charge in [0.05, 0.1) is 11.4 Å². The average molecular weight is 507 g/mol. The van der Waals surface area contributed by atoms with Gasteiger partial charge in [-0.3, -0.25) is 14.5 Å². The number of carbonyl (C=O) groups is 2. The number of amides is 2. The number of nitrogens with zero attached hydrogens (tertiary/aromatic N) is 4. The number of para-hydroxylation sites is 1. The molecule has 3 aromatic rings. The highest BCUT2D eigenvalue weighted by atomic mass is 16.5. The number of hydrogen-bond donors (Lipinski definition) is 0. The van der Waals surface area contributed by atoms with Crippen LogP contribution < -0.4 is 4.74 Å². The zero-order valence-electron chi connectivity index (χ0n) is 22.1. The Hall–Kier alpha value is -4.44. The molecule has 3 heterocycles. The Labute approximate surface area is 222 Å². The van der Waals surface area contributed by atoms with Crippen molar-refractivity contribution in [1.82, 2.24) is 14.7 Å². The van der Waals surface area contributed by atoms with Crippen LogP contribution in [0.25, 0.3) is 23.0 Å². The molecule has 0 saturated carbocycles. The van der Waals surface area contributed by atoms with E-state index in [9.17, 15) is 14.9 Å². The third-order valence-corrected chi connectivity index (χ3v) is 7.08. The molecule has 2 aliphatic heterocycles. The van der Waals surface area contributed by atoms with Gasteiger partial charge in [0.2, 0.25) is 0 Å². The second kappa shape index (κ2) is 10.1. The molecule has 0 fully saturated rings. The number of rotatable bonds is 6. The monoisotopic (exact) mass is 506 g/mol. The van der Waals surface area contributed by atoms with Gasteiger partial charge < -0.3 is 4.74 Å². The van der Waals surface area contributed by atoms with Crippen molar-refractivity contribution in [1.29, 1.82) is 5.26 Å². The van der Waals surface area contributed by atoms with Gasteiger partial charge in [-0.25, -0.2) is 4.68 Å². The lowest BCUT2D eigenvalue weighted by molar-refractivity contribution is -0.140. The highest BCUT2D eigenvalue weighted by Gasteiger charge is 2.35. The normalized spacial score (nSPS) is 18.1. The first-order chi connectivity index (χ1) is 18.3. The number of aryl methyl sites for hydroxylation is 1. The third kappa shape index (κ3) is 4.43. The summed E-state index contributed by atoms with van der Waals surface area (Å²) in [5.41, 5.74) is 6.13. The van der Waals surface area contributed by atoms with E-state index < -0.39 is 5.91 Å². The fourth-order valence-electron chi connectivity index (χ4n) is 5.09. The largest absolute Gasteiger partial charge is 0.490 e. The SMILES string of the molecule is CCCCN1C(=O)C(=Cc2cn(-c3ccccc3)nc2-c2cc(C)c3c(c2)CC(C)O3)C(C)=C(C#N)C1=O. The molecule has 2 aromatic carbocycles. The second-order valence-corrected chi connectivity index (χ2v) is 9.91. The van der Waals surface area contributed by atoms with Gasteiger partial charge in [0.25, 0.3) is 11.8 Å². The van der Waals surface area contributed by atoms with Gasteiger partial charge >= 0.3 is 0 Å². The molecule has 0 saturated heterocycles. The Balaban J connectivity index is 1.69. The standard InChI is InChI=1S/C31H30N4O3/c1-5-6-12-34-30(36)26(21(4)27(17-32)31(34)37)16-24-18-35(25-10-8-7-9-11-25)33-28(24)22-13-19(2)29-23(15-22)14-20(3)38-29/h7-11,13,15-16,18,20H,5-6,12,14H2,1-4H3. The van der Waals surface area contributed by atoms with Crippen LogP contribution in [-0.4, -0.2) is 39.1 Å². The Kier molecular flexibility index (Phi) is 6.73. The van der Waals surface area contributed by atoms with Crippen LogP contribution in [0.4, 0.5) is 0 Å². The summed E-state index contributed by atoms with van der Waals surface area (Å²) in [4.78, 5) is 27.6. The maximum absolute atomic E-state index is 13.5. The number of nitriles is 1. The van der Waals surface area contributed by atoms with Crippen LogP contribution in [0.3, 0.4) is 0 Å². The summed E-state index contributed by atoms with van der Waals surface area (Å²) >= 11 is 0. The van der Waals surface area contributed by atoms with E-state index in [1.165, 1.54) is 4.90 Å². The molecular formula is C31H30N4O3. The van der Waals surface area contributed by atoms with E-state index >= 15 is 0 Å². The van der Waals surface area contributed by atoms with Crippen LogP contribution in [0, 0.1) is 18.3 Å². The van der Waals surface area contributed by atoms with Gasteiger partial charge in [-0.15, -0.1) is 0 Å². The quantitative estimate of drug-likeness (QED) is 0.322. The number of unbranched alkanes of at least 4 members (excludes halogenated alkanes) is 1. The van der Waals surface area contributed by atoms with Crippen LogP contribution in [0.15, 0.2) is 65.4 Å². The predicted molar refractivity (Wildman–Crippen MR) is 145 cm³/mol. The summed E-state index contributed by atoms with van der Waals surface area (Å²) in [5, 5.41) is 14.7. The van der Waals surface area contributed by atoms with Gasteiger partial charge in [0, 0.05) is 35.9 Å². The molecule has 2 aliphatic rings. The Bertz CT molecular complexity index is 1540. The van der Waals surface area contributed by atoms with Crippen molar-refractivity contribution in [2.75, 3.05) is 6.54 Å². The molecule has 2 amide bonds. The lowest BCUT2D eigenvalue weighted by atomic mass is 9.92. The number of aromatic nitrogens is 2. The molecule has 1 aromatic heterocycles. The minimum absolute atomic E-state index is 0.00321. The first-order valence-corrected chi connectivity index (χ1v) is 13.0. The number of benzene rings is 2. The topological polar surface area (TPSA) is 88.2 Å². The Morgan fingerprint density at radius 1 is 1.16 bits per heavy atom. The van der Waals surface area contributed by atoms with Gasteiger partial charge in [-0.05, 0) is 74.2 Å².